The van der Waals surface area contributed by atoms with Crippen molar-refractivity contribution in [3.8, 4) is 5.75 Å². The molecule has 16 heavy (non-hydrogen) atoms. The monoisotopic (exact) mass is 237 g/mol. The summed E-state index contributed by atoms with van der Waals surface area (Å²) in [6.07, 6.45) is 2.62. The summed E-state index contributed by atoms with van der Waals surface area (Å²) in [4.78, 5) is 0. The Kier molecular flexibility index (Phi) is 5.28. The number of rotatable bonds is 5. The second-order valence-electron chi connectivity index (χ2n) is 3.16. The number of hydrogen-bond donors (Lipinski definition) is 2. The van der Waals surface area contributed by atoms with Gasteiger partial charge in [-0.05, 0) is 36.3 Å². The van der Waals surface area contributed by atoms with Crippen molar-refractivity contribution in [1.82, 2.24) is 5.43 Å². The molecule has 4 nitrogen and oxygen atoms in total. The zero-order valence-corrected chi connectivity index (χ0v) is 9.96. The minimum absolute atomic E-state index is 0.148. The lowest BCUT2D eigenvalue weighted by molar-refractivity contribution is 0.317. The van der Waals surface area contributed by atoms with Crippen LogP contribution in [0.2, 0.25) is 0 Å². The molecule has 1 aromatic rings. The van der Waals surface area contributed by atoms with Crippen LogP contribution in [0.15, 0.2) is 29.4 Å². The third kappa shape index (κ3) is 4.75. The Bertz CT molecular complexity index is 379. The molecule has 0 spiro atoms. The molecule has 0 saturated heterocycles. The van der Waals surface area contributed by atoms with E-state index in [2.05, 4.69) is 29.7 Å². The predicted molar refractivity (Wildman–Crippen MR) is 69.7 cm³/mol. The minimum atomic E-state index is 0.148. The van der Waals surface area contributed by atoms with Crippen LogP contribution in [-0.2, 0) is 0 Å². The molecule has 1 aromatic carbocycles. The van der Waals surface area contributed by atoms with Gasteiger partial charge < -0.3 is 10.5 Å². The van der Waals surface area contributed by atoms with Crippen molar-refractivity contribution in [1.29, 1.82) is 0 Å². The Hall–Kier alpha value is -1.62. The van der Waals surface area contributed by atoms with Crippen molar-refractivity contribution < 1.29 is 4.74 Å². The van der Waals surface area contributed by atoms with Crippen molar-refractivity contribution in [2.45, 2.75) is 13.3 Å². The number of nitrogens with two attached hydrogens (primary N) is 1. The first-order valence-electron chi connectivity index (χ1n) is 5.03. The van der Waals surface area contributed by atoms with Gasteiger partial charge in [-0.15, -0.1) is 0 Å². The van der Waals surface area contributed by atoms with Crippen LogP contribution in [0.4, 0.5) is 0 Å². The summed E-state index contributed by atoms with van der Waals surface area (Å²) in [6, 6.07) is 7.64. The molecule has 0 aromatic heterocycles. The molecule has 1 rings (SSSR count). The molecule has 0 amide bonds. The number of hydrazone groups is 1. The second-order valence-corrected chi connectivity index (χ2v) is 3.60. The lowest BCUT2D eigenvalue weighted by atomic mass is 10.2. The SMILES string of the molecule is CCCOc1cccc(C=NNC(N)=S)c1. The van der Waals surface area contributed by atoms with Crippen LogP contribution >= 0.6 is 12.2 Å². The minimum Gasteiger partial charge on any atom is -0.494 e. The molecule has 0 aliphatic heterocycles. The van der Waals surface area contributed by atoms with E-state index in [4.69, 9.17) is 10.5 Å². The van der Waals surface area contributed by atoms with Gasteiger partial charge in [-0.3, -0.25) is 5.43 Å². The summed E-state index contributed by atoms with van der Waals surface area (Å²) in [5.74, 6) is 0.834. The van der Waals surface area contributed by atoms with Gasteiger partial charge in [-0.25, -0.2) is 0 Å². The van der Waals surface area contributed by atoms with Gasteiger partial charge >= 0.3 is 0 Å². The van der Waals surface area contributed by atoms with Gasteiger partial charge in [0.05, 0.1) is 12.8 Å². The summed E-state index contributed by atoms with van der Waals surface area (Å²) >= 11 is 4.62. The highest BCUT2D eigenvalue weighted by atomic mass is 32.1. The van der Waals surface area contributed by atoms with E-state index in [1.807, 2.05) is 24.3 Å². The number of benzene rings is 1. The van der Waals surface area contributed by atoms with E-state index in [1.165, 1.54) is 0 Å². The number of thiocarbonyl (C=S) groups is 1. The number of ether oxygens (including phenoxy) is 1. The molecule has 0 bridgehead atoms. The summed E-state index contributed by atoms with van der Waals surface area (Å²) in [7, 11) is 0. The van der Waals surface area contributed by atoms with Crippen molar-refractivity contribution in [2.24, 2.45) is 10.8 Å². The Morgan fingerprint density at radius 2 is 2.44 bits per heavy atom. The van der Waals surface area contributed by atoms with Gasteiger partial charge in [-0.1, -0.05) is 19.1 Å². The highest BCUT2D eigenvalue weighted by molar-refractivity contribution is 7.80. The highest BCUT2D eigenvalue weighted by Crippen LogP contribution is 2.12. The molecule has 0 heterocycles. The topological polar surface area (TPSA) is 59.6 Å². The number of nitrogens with one attached hydrogen (secondary N) is 1. The average molecular weight is 237 g/mol. The van der Waals surface area contributed by atoms with Gasteiger partial charge in [0.2, 0.25) is 0 Å². The Balaban J connectivity index is 2.59. The Morgan fingerprint density at radius 1 is 1.62 bits per heavy atom. The molecule has 3 N–H and O–H groups in total. The second kappa shape index (κ2) is 6.79. The number of nitrogens with zero attached hydrogens (tertiary/aromatic N) is 1. The smallest absolute Gasteiger partial charge is 0.184 e. The molecule has 0 unspecified atom stereocenters. The Morgan fingerprint density at radius 3 is 3.12 bits per heavy atom. The standard InChI is InChI=1S/C11H15N3OS/c1-2-6-15-10-5-3-4-9(7-10)8-13-14-11(12)16/h3-5,7-8H,2,6H2,1H3,(H3,12,14,16). The number of hydrogen-bond acceptors (Lipinski definition) is 3. The zero-order valence-electron chi connectivity index (χ0n) is 9.14. The Labute approximate surface area is 100 Å². The van der Waals surface area contributed by atoms with E-state index in [0.29, 0.717) is 6.61 Å². The molecular weight excluding hydrogens is 222 g/mol. The first-order valence-corrected chi connectivity index (χ1v) is 5.44. The van der Waals surface area contributed by atoms with Gasteiger partial charge in [0.15, 0.2) is 5.11 Å². The van der Waals surface area contributed by atoms with E-state index in [0.717, 1.165) is 17.7 Å². The van der Waals surface area contributed by atoms with Gasteiger partial charge in [0.25, 0.3) is 0 Å². The fraction of sp³-hybridized carbons (Fsp3) is 0.273. The first kappa shape index (κ1) is 12.4. The van der Waals surface area contributed by atoms with Crippen molar-refractivity contribution >= 4 is 23.5 Å². The maximum absolute atomic E-state index is 5.49. The zero-order chi connectivity index (χ0) is 11.8. The van der Waals surface area contributed by atoms with Crippen molar-refractivity contribution in [3.63, 3.8) is 0 Å². The summed E-state index contributed by atoms with van der Waals surface area (Å²) < 4.78 is 5.49. The van der Waals surface area contributed by atoms with E-state index >= 15 is 0 Å². The molecule has 0 atom stereocenters. The summed E-state index contributed by atoms with van der Waals surface area (Å²) in [5.41, 5.74) is 8.66. The molecule has 5 heteroatoms. The third-order valence-corrected chi connectivity index (χ3v) is 1.81. The van der Waals surface area contributed by atoms with Crippen LogP contribution in [0.1, 0.15) is 18.9 Å². The van der Waals surface area contributed by atoms with Crippen LogP contribution in [0.25, 0.3) is 0 Å². The molecule has 0 aliphatic rings. The molecule has 86 valence electrons. The van der Waals surface area contributed by atoms with E-state index < -0.39 is 0 Å². The van der Waals surface area contributed by atoms with Crippen LogP contribution in [0, 0.1) is 0 Å². The maximum atomic E-state index is 5.49. The molecule has 0 radical (unpaired) electrons. The average Bonchev–Trinajstić information content (AvgIpc) is 2.26. The molecular formula is C11H15N3OS. The molecule has 0 aliphatic carbocycles. The van der Waals surface area contributed by atoms with Crippen LogP contribution < -0.4 is 15.9 Å². The normalized spacial score (nSPS) is 10.3. The highest BCUT2D eigenvalue weighted by Gasteiger charge is 1.94. The van der Waals surface area contributed by atoms with Gasteiger partial charge in [-0.2, -0.15) is 5.10 Å². The molecule has 0 fully saturated rings. The first-order chi connectivity index (χ1) is 7.72. The fourth-order valence-electron chi connectivity index (χ4n) is 1.07. The lowest BCUT2D eigenvalue weighted by Crippen LogP contribution is -2.23. The third-order valence-electron chi connectivity index (χ3n) is 1.72. The maximum Gasteiger partial charge on any atom is 0.184 e. The van der Waals surface area contributed by atoms with Crippen LogP contribution in [0.5, 0.6) is 5.75 Å². The lowest BCUT2D eigenvalue weighted by Gasteiger charge is -2.04. The predicted octanol–water partition coefficient (Wildman–Crippen LogP) is 1.64. The largest absolute Gasteiger partial charge is 0.494 e. The van der Waals surface area contributed by atoms with E-state index in [1.54, 1.807) is 6.21 Å². The summed E-state index contributed by atoms with van der Waals surface area (Å²) in [5, 5.41) is 4.01. The van der Waals surface area contributed by atoms with Crippen molar-refractivity contribution in [2.75, 3.05) is 6.61 Å². The van der Waals surface area contributed by atoms with Gasteiger partial charge in [0, 0.05) is 0 Å². The van der Waals surface area contributed by atoms with Gasteiger partial charge in [0.1, 0.15) is 5.75 Å². The summed E-state index contributed by atoms with van der Waals surface area (Å²) in [6.45, 7) is 2.78. The van der Waals surface area contributed by atoms with E-state index in [9.17, 15) is 0 Å². The fourth-order valence-corrected chi connectivity index (χ4v) is 1.13. The van der Waals surface area contributed by atoms with Crippen molar-refractivity contribution in [3.05, 3.63) is 29.8 Å². The quantitative estimate of drug-likeness (QED) is 0.464. The van der Waals surface area contributed by atoms with Crippen LogP contribution in [0.3, 0.4) is 0 Å². The molecule has 0 saturated carbocycles. The van der Waals surface area contributed by atoms with E-state index in [-0.39, 0.29) is 5.11 Å². The van der Waals surface area contributed by atoms with Crippen LogP contribution in [-0.4, -0.2) is 17.9 Å².